The lowest BCUT2D eigenvalue weighted by molar-refractivity contribution is 0.466. The lowest BCUT2D eigenvalue weighted by atomic mass is 9.97. The van der Waals surface area contributed by atoms with E-state index in [4.69, 9.17) is 0 Å². The van der Waals surface area contributed by atoms with Gasteiger partial charge in [-0.3, -0.25) is 0 Å². The van der Waals surface area contributed by atoms with Crippen LogP contribution in [0.1, 0.15) is 33.4 Å². The number of phenolic OH excluding ortho intramolecular Hbond substituents is 2. The van der Waals surface area contributed by atoms with Crippen LogP contribution in [0.2, 0.25) is 0 Å². The van der Waals surface area contributed by atoms with E-state index in [1.54, 1.807) is 12.1 Å². The quantitative estimate of drug-likeness (QED) is 0.787. The summed E-state index contributed by atoms with van der Waals surface area (Å²) in [7, 11) is 0. The van der Waals surface area contributed by atoms with Crippen LogP contribution in [-0.4, -0.2) is 10.2 Å². The van der Waals surface area contributed by atoms with Crippen LogP contribution in [0.4, 0.5) is 0 Å². The van der Waals surface area contributed by atoms with E-state index in [0.29, 0.717) is 5.75 Å². The number of aromatic hydroxyl groups is 2. The summed E-state index contributed by atoms with van der Waals surface area (Å²) in [5.74, 6) is 0.660. The molecule has 0 aliphatic rings. The third kappa shape index (κ3) is 2.69. The van der Waals surface area contributed by atoms with Gasteiger partial charge in [0.15, 0.2) is 0 Å². The van der Waals surface area contributed by atoms with E-state index < -0.39 is 0 Å². The summed E-state index contributed by atoms with van der Waals surface area (Å²) in [6, 6.07) is 7.33. The minimum absolute atomic E-state index is 0.284. The molecule has 2 aromatic rings. The van der Waals surface area contributed by atoms with Gasteiger partial charge < -0.3 is 10.2 Å². The fourth-order valence-corrected chi connectivity index (χ4v) is 2.30. The predicted octanol–water partition coefficient (Wildman–Crippen LogP) is 4.50. The van der Waals surface area contributed by atoms with Crippen LogP contribution < -0.4 is 0 Å². The van der Waals surface area contributed by atoms with Gasteiger partial charge in [0.25, 0.3) is 0 Å². The normalized spacial score (nSPS) is 11.2. The lowest BCUT2D eigenvalue weighted by Gasteiger charge is -2.10. The van der Waals surface area contributed by atoms with E-state index >= 15 is 0 Å². The highest BCUT2D eigenvalue weighted by atomic mass is 16.3. The van der Waals surface area contributed by atoms with Crippen LogP contribution in [0.3, 0.4) is 0 Å². The molecule has 2 N–H and O–H groups in total. The predicted molar refractivity (Wildman–Crippen MR) is 84.1 cm³/mol. The van der Waals surface area contributed by atoms with Gasteiger partial charge in [0.1, 0.15) is 11.5 Å². The first-order valence-corrected chi connectivity index (χ1v) is 6.67. The maximum absolute atomic E-state index is 9.92. The number of hydrogen-bond acceptors (Lipinski definition) is 2. The molecule has 0 aromatic heterocycles. The van der Waals surface area contributed by atoms with Crippen molar-refractivity contribution in [2.24, 2.45) is 0 Å². The highest BCUT2D eigenvalue weighted by Gasteiger charge is 2.07. The first-order chi connectivity index (χ1) is 9.40. The minimum Gasteiger partial charge on any atom is -0.508 e. The van der Waals surface area contributed by atoms with Gasteiger partial charge in [-0.05, 0) is 79.3 Å². The van der Waals surface area contributed by atoms with Crippen molar-refractivity contribution in [2.75, 3.05) is 0 Å². The Bertz CT molecular complexity index is 682. The fraction of sp³-hybridized carbons (Fsp3) is 0.222. The second-order valence-electron chi connectivity index (χ2n) is 5.26. The average Bonchev–Trinajstić information content (AvgIpc) is 2.40. The highest BCUT2D eigenvalue weighted by Crippen LogP contribution is 2.28. The monoisotopic (exact) mass is 268 g/mol. The first kappa shape index (κ1) is 14.2. The number of phenols is 2. The van der Waals surface area contributed by atoms with Crippen molar-refractivity contribution >= 4 is 12.2 Å². The lowest BCUT2D eigenvalue weighted by Crippen LogP contribution is -1.90. The van der Waals surface area contributed by atoms with E-state index in [-0.39, 0.29) is 5.75 Å². The van der Waals surface area contributed by atoms with E-state index in [2.05, 4.69) is 0 Å². The molecule has 20 heavy (non-hydrogen) atoms. The van der Waals surface area contributed by atoms with E-state index in [9.17, 15) is 10.2 Å². The second-order valence-corrected chi connectivity index (χ2v) is 5.26. The zero-order valence-electron chi connectivity index (χ0n) is 12.4. The molecule has 0 aliphatic heterocycles. The first-order valence-electron chi connectivity index (χ1n) is 6.67. The largest absolute Gasteiger partial charge is 0.508 e. The van der Waals surface area contributed by atoms with Crippen molar-refractivity contribution in [3.8, 4) is 11.5 Å². The Balaban J connectivity index is 2.42. The molecule has 0 atom stereocenters. The van der Waals surface area contributed by atoms with Crippen molar-refractivity contribution in [1.29, 1.82) is 0 Å². The Morgan fingerprint density at radius 1 is 0.750 bits per heavy atom. The summed E-state index contributed by atoms with van der Waals surface area (Å²) in [5, 5.41) is 19.3. The maximum atomic E-state index is 9.92. The fourth-order valence-electron chi connectivity index (χ4n) is 2.30. The summed E-state index contributed by atoms with van der Waals surface area (Å²) in [6.07, 6.45) is 4.08. The second kappa shape index (κ2) is 5.41. The molecule has 0 fully saturated rings. The molecular weight excluding hydrogens is 248 g/mol. The number of rotatable bonds is 2. The van der Waals surface area contributed by atoms with Crippen molar-refractivity contribution in [3.63, 3.8) is 0 Å². The van der Waals surface area contributed by atoms with Gasteiger partial charge in [-0.1, -0.05) is 18.2 Å². The van der Waals surface area contributed by atoms with Gasteiger partial charge in [0, 0.05) is 0 Å². The van der Waals surface area contributed by atoms with Gasteiger partial charge >= 0.3 is 0 Å². The summed E-state index contributed by atoms with van der Waals surface area (Å²) in [4.78, 5) is 0. The Morgan fingerprint density at radius 3 is 2.05 bits per heavy atom. The molecule has 2 aromatic carbocycles. The number of benzene rings is 2. The molecule has 2 heteroatoms. The molecule has 104 valence electrons. The van der Waals surface area contributed by atoms with Crippen LogP contribution in [0.5, 0.6) is 11.5 Å². The molecule has 0 bridgehead atoms. The van der Waals surface area contributed by atoms with Crippen molar-refractivity contribution in [3.05, 3.63) is 57.6 Å². The summed E-state index contributed by atoms with van der Waals surface area (Å²) < 4.78 is 0. The van der Waals surface area contributed by atoms with Gasteiger partial charge in [-0.2, -0.15) is 0 Å². The van der Waals surface area contributed by atoms with E-state index in [1.165, 1.54) is 0 Å². The van der Waals surface area contributed by atoms with E-state index in [0.717, 1.165) is 33.4 Å². The zero-order chi connectivity index (χ0) is 14.9. The molecule has 0 saturated heterocycles. The van der Waals surface area contributed by atoms with Crippen molar-refractivity contribution in [1.82, 2.24) is 0 Å². The van der Waals surface area contributed by atoms with Crippen LogP contribution in [-0.2, 0) is 0 Å². The Morgan fingerprint density at radius 2 is 1.40 bits per heavy atom. The molecule has 0 spiro atoms. The summed E-state index contributed by atoms with van der Waals surface area (Å²) in [5.41, 5.74) is 6.10. The van der Waals surface area contributed by atoms with Gasteiger partial charge in [-0.15, -0.1) is 0 Å². The van der Waals surface area contributed by atoms with E-state index in [1.807, 2.05) is 52.0 Å². The molecule has 0 heterocycles. The molecular formula is C18H20O2. The molecule has 0 unspecified atom stereocenters. The van der Waals surface area contributed by atoms with Crippen LogP contribution in [0.25, 0.3) is 12.2 Å². The maximum Gasteiger partial charge on any atom is 0.121 e. The molecule has 0 saturated carbocycles. The topological polar surface area (TPSA) is 40.5 Å². The molecule has 0 amide bonds. The van der Waals surface area contributed by atoms with Crippen LogP contribution in [0, 0.1) is 27.7 Å². The molecule has 2 nitrogen and oxygen atoms in total. The van der Waals surface area contributed by atoms with Crippen LogP contribution in [0.15, 0.2) is 24.3 Å². The number of aryl methyl sites for hydroxylation is 2. The molecule has 2 rings (SSSR count). The van der Waals surface area contributed by atoms with Gasteiger partial charge in [-0.25, -0.2) is 0 Å². The smallest absolute Gasteiger partial charge is 0.121 e. The standard InChI is InChI=1S/C18H20O2/c1-11-10-17(19)8-7-15(11)5-6-16-9-12(2)18(20)14(4)13(16)3/h5-10,19-20H,1-4H3/b6-5+. The Labute approximate surface area is 120 Å². The minimum atomic E-state index is 0.284. The molecule has 0 radical (unpaired) electrons. The molecule has 0 aliphatic carbocycles. The average molecular weight is 268 g/mol. The summed E-state index contributed by atoms with van der Waals surface area (Å²) in [6.45, 7) is 7.82. The third-order valence-electron chi connectivity index (χ3n) is 3.79. The van der Waals surface area contributed by atoms with Crippen molar-refractivity contribution in [2.45, 2.75) is 27.7 Å². The number of hydrogen-bond donors (Lipinski definition) is 2. The summed E-state index contributed by atoms with van der Waals surface area (Å²) >= 11 is 0. The van der Waals surface area contributed by atoms with Crippen molar-refractivity contribution < 1.29 is 10.2 Å². The van der Waals surface area contributed by atoms with Crippen LogP contribution >= 0.6 is 0 Å². The Kier molecular flexibility index (Phi) is 3.84. The highest BCUT2D eigenvalue weighted by molar-refractivity contribution is 5.74. The Hall–Kier alpha value is -2.22. The zero-order valence-corrected chi connectivity index (χ0v) is 12.4. The third-order valence-corrected chi connectivity index (χ3v) is 3.79. The SMILES string of the molecule is Cc1cc(O)ccc1/C=C/c1cc(C)c(O)c(C)c1C. The van der Waals surface area contributed by atoms with Gasteiger partial charge in [0.05, 0.1) is 0 Å². The van der Waals surface area contributed by atoms with Gasteiger partial charge in [0.2, 0.25) is 0 Å².